The van der Waals surface area contributed by atoms with Crippen LogP contribution in [-0.2, 0) is 13.6 Å². The normalized spacial score (nSPS) is 12.5. The van der Waals surface area contributed by atoms with Crippen LogP contribution in [0.15, 0.2) is 35.1 Å². The molecule has 1 heterocycles. The first kappa shape index (κ1) is 16.5. The summed E-state index contributed by atoms with van der Waals surface area (Å²) in [5.41, 5.74) is 2.61. The van der Waals surface area contributed by atoms with Gasteiger partial charge in [-0.3, -0.25) is 9.48 Å². The Morgan fingerprint density at radius 1 is 1.27 bits per heavy atom. The summed E-state index contributed by atoms with van der Waals surface area (Å²) in [4.78, 5) is 12.6. The molecule has 120 valence electrons. The molecule has 22 heavy (non-hydrogen) atoms. The van der Waals surface area contributed by atoms with E-state index >= 15 is 0 Å². The quantitative estimate of drug-likeness (QED) is 0.766. The topological polar surface area (TPSA) is 59.2 Å². The van der Waals surface area contributed by atoms with E-state index in [2.05, 4.69) is 5.32 Å². The minimum absolute atomic E-state index is 0.00902. The molecule has 1 aromatic heterocycles. The predicted molar refractivity (Wildman–Crippen MR) is 88.4 cm³/mol. The zero-order chi connectivity index (χ0) is 16.1. The van der Waals surface area contributed by atoms with Gasteiger partial charge in [-0.2, -0.15) is 0 Å². The molecule has 0 radical (unpaired) electrons. The van der Waals surface area contributed by atoms with E-state index in [1.807, 2.05) is 55.9 Å². The third-order valence-electron chi connectivity index (χ3n) is 4.10. The minimum Gasteiger partial charge on any atom is -0.393 e. The van der Waals surface area contributed by atoms with E-state index < -0.39 is 0 Å². The van der Waals surface area contributed by atoms with Gasteiger partial charge < -0.3 is 10.4 Å². The molecule has 0 saturated heterocycles. The van der Waals surface area contributed by atoms with Crippen LogP contribution in [-0.4, -0.2) is 27.1 Å². The number of aromatic nitrogens is 2. The maximum absolute atomic E-state index is 12.6. The number of rotatable bonds is 7. The van der Waals surface area contributed by atoms with Gasteiger partial charge in [0.05, 0.1) is 17.4 Å². The van der Waals surface area contributed by atoms with Crippen molar-refractivity contribution in [2.24, 2.45) is 7.05 Å². The van der Waals surface area contributed by atoms with Crippen LogP contribution in [0.4, 0.5) is 0 Å². The predicted octanol–water partition coefficient (Wildman–Crippen LogP) is 1.74. The fourth-order valence-corrected chi connectivity index (χ4v) is 2.51. The van der Waals surface area contributed by atoms with Crippen LogP contribution in [0.3, 0.4) is 0 Å². The number of hydrogen-bond acceptors (Lipinski definition) is 3. The first-order valence-corrected chi connectivity index (χ1v) is 7.78. The van der Waals surface area contributed by atoms with E-state index in [4.69, 9.17) is 0 Å². The monoisotopic (exact) mass is 303 g/mol. The minimum atomic E-state index is -0.273. The molecule has 1 unspecified atom stereocenters. The van der Waals surface area contributed by atoms with Crippen molar-refractivity contribution in [3.63, 3.8) is 0 Å². The fraction of sp³-hybridized carbons (Fsp3) is 0.471. The molecule has 1 atom stereocenters. The molecule has 5 heteroatoms. The van der Waals surface area contributed by atoms with Crippen LogP contribution < -0.4 is 10.9 Å². The van der Waals surface area contributed by atoms with Gasteiger partial charge in [0.2, 0.25) is 0 Å². The lowest BCUT2D eigenvalue weighted by Gasteiger charge is -2.08. The lowest BCUT2D eigenvalue weighted by atomic mass is 10.2. The summed E-state index contributed by atoms with van der Waals surface area (Å²) in [6.07, 6.45) is 1.19. The molecular weight excluding hydrogens is 278 g/mol. The second-order valence-corrected chi connectivity index (χ2v) is 5.57. The smallest absolute Gasteiger partial charge is 0.276 e. The number of benzene rings is 1. The lowest BCUT2D eigenvalue weighted by Crippen LogP contribution is -2.25. The molecule has 2 rings (SSSR count). The summed E-state index contributed by atoms with van der Waals surface area (Å²) < 4.78 is 3.57. The molecule has 0 aliphatic carbocycles. The fourth-order valence-electron chi connectivity index (χ4n) is 2.51. The summed E-state index contributed by atoms with van der Waals surface area (Å²) in [7, 11) is 1.90. The molecular formula is C17H25N3O2. The van der Waals surface area contributed by atoms with Gasteiger partial charge >= 0.3 is 0 Å². The summed E-state index contributed by atoms with van der Waals surface area (Å²) in [5, 5.41) is 12.8. The SMILES string of the molecule is CCC(O)CCNCc1c(C)n(C)n(-c2ccccc2)c1=O. The Morgan fingerprint density at radius 2 is 1.95 bits per heavy atom. The van der Waals surface area contributed by atoms with Crippen molar-refractivity contribution in [2.45, 2.75) is 39.3 Å². The zero-order valence-corrected chi connectivity index (χ0v) is 13.5. The standard InChI is InChI=1S/C17H25N3O2/c1-4-15(21)10-11-18-12-16-13(2)19(3)20(17(16)22)14-8-6-5-7-9-14/h5-9,15,18,21H,4,10-12H2,1-3H3. The molecule has 0 fully saturated rings. The van der Waals surface area contributed by atoms with Gasteiger partial charge in [0.25, 0.3) is 5.56 Å². The molecule has 2 aromatic rings. The van der Waals surface area contributed by atoms with Crippen molar-refractivity contribution in [1.82, 2.24) is 14.7 Å². The molecule has 1 aromatic carbocycles. The third kappa shape index (κ3) is 3.48. The van der Waals surface area contributed by atoms with Crippen LogP contribution in [0.25, 0.3) is 5.69 Å². The second kappa shape index (κ2) is 7.42. The van der Waals surface area contributed by atoms with Crippen molar-refractivity contribution < 1.29 is 5.11 Å². The Morgan fingerprint density at radius 3 is 2.59 bits per heavy atom. The summed E-state index contributed by atoms with van der Waals surface area (Å²) in [6.45, 7) is 5.15. The summed E-state index contributed by atoms with van der Waals surface area (Å²) in [5.74, 6) is 0. The number of aliphatic hydroxyl groups excluding tert-OH is 1. The average molecular weight is 303 g/mol. The molecule has 0 spiro atoms. The van der Waals surface area contributed by atoms with Gasteiger partial charge in [-0.25, -0.2) is 4.68 Å². The highest BCUT2D eigenvalue weighted by Crippen LogP contribution is 2.09. The van der Waals surface area contributed by atoms with Gasteiger partial charge in [-0.05, 0) is 38.4 Å². The third-order valence-corrected chi connectivity index (χ3v) is 4.10. The molecule has 2 N–H and O–H groups in total. The van der Waals surface area contributed by atoms with Gasteiger partial charge in [-0.15, -0.1) is 0 Å². The Balaban J connectivity index is 2.15. The number of aliphatic hydroxyl groups is 1. The highest BCUT2D eigenvalue weighted by Gasteiger charge is 2.15. The van der Waals surface area contributed by atoms with E-state index in [1.54, 1.807) is 4.68 Å². The number of para-hydroxylation sites is 1. The van der Waals surface area contributed by atoms with Gasteiger partial charge in [0.1, 0.15) is 0 Å². The van der Waals surface area contributed by atoms with Crippen LogP contribution >= 0.6 is 0 Å². The van der Waals surface area contributed by atoms with E-state index in [-0.39, 0.29) is 11.7 Å². The number of hydrogen-bond donors (Lipinski definition) is 2. The molecule has 0 aliphatic rings. The lowest BCUT2D eigenvalue weighted by molar-refractivity contribution is 0.159. The van der Waals surface area contributed by atoms with Crippen LogP contribution in [0, 0.1) is 6.92 Å². The van der Waals surface area contributed by atoms with E-state index in [0.717, 1.165) is 23.4 Å². The average Bonchev–Trinajstić information content (AvgIpc) is 2.75. The van der Waals surface area contributed by atoms with Crippen molar-refractivity contribution in [2.75, 3.05) is 6.54 Å². The number of nitrogens with zero attached hydrogens (tertiary/aromatic N) is 2. The van der Waals surface area contributed by atoms with Crippen LogP contribution in [0.2, 0.25) is 0 Å². The van der Waals surface area contributed by atoms with Crippen molar-refractivity contribution in [3.05, 3.63) is 51.9 Å². The maximum Gasteiger partial charge on any atom is 0.276 e. The molecule has 0 aliphatic heterocycles. The second-order valence-electron chi connectivity index (χ2n) is 5.57. The summed E-state index contributed by atoms with van der Waals surface area (Å²) >= 11 is 0. The Bertz CT molecular complexity index is 659. The molecule has 0 amide bonds. The van der Waals surface area contributed by atoms with Crippen LogP contribution in [0.1, 0.15) is 31.0 Å². The van der Waals surface area contributed by atoms with Crippen LogP contribution in [0.5, 0.6) is 0 Å². The highest BCUT2D eigenvalue weighted by molar-refractivity contribution is 5.33. The van der Waals surface area contributed by atoms with E-state index in [0.29, 0.717) is 19.5 Å². The molecule has 5 nitrogen and oxygen atoms in total. The van der Waals surface area contributed by atoms with E-state index in [9.17, 15) is 9.90 Å². The molecule has 0 saturated carbocycles. The number of nitrogens with one attached hydrogen (secondary N) is 1. The van der Waals surface area contributed by atoms with Crippen molar-refractivity contribution in [1.29, 1.82) is 0 Å². The van der Waals surface area contributed by atoms with Crippen molar-refractivity contribution in [3.8, 4) is 5.69 Å². The first-order valence-electron chi connectivity index (χ1n) is 7.78. The zero-order valence-electron chi connectivity index (χ0n) is 13.5. The first-order chi connectivity index (χ1) is 10.6. The van der Waals surface area contributed by atoms with Gasteiger partial charge in [-0.1, -0.05) is 25.1 Å². The van der Waals surface area contributed by atoms with Crippen molar-refractivity contribution >= 4 is 0 Å². The Labute approximate surface area is 131 Å². The van der Waals surface area contributed by atoms with Gasteiger partial charge in [0.15, 0.2) is 0 Å². The van der Waals surface area contributed by atoms with E-state index in [1.165, 1.54) is 0 Å². The Hall–Kier alpha value is -1.85. The Kier molecular flexibility index (Phi) is 5.57. The summed E-state index contributed by atoms with van der Waals surface area (Å²) in [6, 6.07) is 9.64. The largest absolute Gasteiger partial charge is 0.393 e. The van der Waals surface area contributed by atoms with Gasteiger partial charge in [0, 0.05) is 19.3 Å². The molecule has 0 bridgehead atoms. The highest BCUT2D eigenvalue weighted by atomic mass is 16.3. The maximum atomic E-state index is 12.6.